The van der Waals surface area contributed by atoms with Crippen LogP contribution in [0.4, 0.5) is 0 Å². The molecule has 3 fully saturated rings. The molecular weight excluding hydrogens is 242 g/mol. The first-order valence-corrected chi connectivity index (χ1v) is 7.95. The summed E-state index contributed by atoms with van der Waals surface area (Å²) in [7, 11) is 0. The Morgan fingerprint density at radius 2 is 1.94 bits per heavy atom. The predicted molar refractivity (Wildman–Crippen MR) is 78.7 cm³/mol. The third-order valence-corrected chi connectivity index (χ3v) is 5.53. The van der Waals surface area contributed by atoms with E-state index < -0.39 is 0 Å². The van der Waals surface area contributed by atoms with E-state index in [1.54, 1.807) is 0 Å². The van der Waals surface area contributed by atoms with Gasteiger partial charge in [0.15, 0.2) is 5.11 Å². The molecule has 3 nitrogen and oxygen atoms in total. The fourth-order valence-electron chi connectivity index (χ4n) is 3.94. The van der Waals surface area contributed by atoms with Gasteiger partial charge in [0.1, 0.15) is 0 Å². The van der Waals surface area contributed by atoms with E-state index in [-0.39, 0.29) is 0 Å². The number of fused-ring (bicyclic) bond motifs is 2. The van der Waals surface area contributed by atoms with Crippen molar-refractivity contribution in [3.05, 3.63) is 0 Å². The summed E-state index contributed by atoms with van der Waals surface area (Å²) in [6.45, 7) is 7.92. The summed E-state index contributed by atoms with van der Waals surface area (Å²) in [6.07, 6.45) is 5.70. The van der Waals surface area contributed by atoms with Gasteiger partial charge in [0.05, 0.1) is 0 Å². The van der Waals surface area contributed by atoms with Crippen LogP contribution in [0.25, 0.3) is 0 Å². The zero-order chi connectivity index (χ0) is 12.5. The predicted octanol–water partition coefficient (Wildman–Crippen LogP) is 1.69. The van der Waals surface area contributed by atoms with Gasteiger partial charge in [-0.3, -0.25) is 0 Å². The molecule has 1 aliphatic heterocycles. The van der Waals surface area contributed by atoms with Crippen LogP contribution in [0.2, 0.25) is 0 Å². The summed E-state index contributed by atoms with van der Waals surface area (Å²) < 4.78 is 0. The molecule has 102 valence electrons. The smallest absolute Gasteiger partial charge is 0.169 e. The summed E-state index contributed by atoms with van der Waals surface area (Å²) >= 11 is 5.60. The van der Waals surface area contributed by atoms with E-state index in [1.807, 2.05) is 0 Å². The average Bonchev–Trinajstić information content (AvgIpc) is 3.01. The standard InChI is InChI=1S/C14H25N3S/c1-2-16-5-7-17(8-6-16)14(18)15-13-10-11-3-4-12(13)9-11/h11-13H,2-10H2,1H3,(H,15,18)/t11-,12+,13+/m0/s1. The highest BCUT2D eigenvalue weighted by Gasteiger charge is 2.40. The highest BCUT2D eigenvalue weighted by molar-refractivity contribution is 7.80. The van der Waals surface area contributed by atoms with E-state index in [2.05, 4.69) is 22.0 Å². The van der Waals surface area contributed by atoms with Crippen LogP contribution in [0.3, 0.4) is 0 Å². The molecule has 2 saturated carbocycles. The Morgan fingerprint density at radius 3 is 2.50 bits per heavy atom. The number of rotatable bonds is 2. The second-order valence-corrected chi connectivity index (χ2v) is 6.54. The molecule has 0 spiro atoms. The topological polar surface area (TPSA) is 18.5 Å². The van der Waals surface area contributed by atoms with Crippen molar-refractivity contribution in [3.63, 3.8) is 0 Å². The van der Waals surface area contributed by atoms with Gasteiger partial charge >= 0.3 is 0 Å². The Morgan fingerprint density at radius 1 is 1.17 bits per heavy atom. The van der Waals surface area contributed by atoms with Gasteiger partial charge in [0, 0.05) is 32.2 Å². The van der Waals surface area contributed by atoms with E-state index in [0.29, 0.717) is 6.04 Å². The number of piperazine rings is 1. The van der Waals surface area contributed by atoms with Gasteiger partial charge in [-0.15, -0.1) is 0 Å². The molecule has 1 N–H and O–H groups in total. The molecule has 0 aromatic rings. The highest BCUT2D eigenvalue weighted by Crippen LogP contribution is 2.44. The van der Waals surface area contributed by atoms with Gasteiger partial charge < -0.3 is 15.1 Å². The third-order valence-electron chi connectivity index (χ3n) is 5.15. The third kappa shape index (κ3) is 2.50. The van der Waals surface area contributed by atoms with Crippen LogP contribution in [-0.4, -0.2) is 53.7 Å². The molecule has 2 aliphatic carbocycles. The van der Waals surface area contributed by atoms with Gasteiger partial charge in [-0.05, 0) is 49.9 Å². The fourth-order valence-corrected chi connectivity index (χ4v) is 4.27. The quantitative estimate of drug-likeness (QED) is 0.767. The SMILES string of the molecule is CCN1CCN(C(=S)N[C@@H]2C[C@H]3CC[C@@H]2C3)CC1. The van der Waals surface area contributed by atoms with Crippen molar-refractivity contribution in [1.82, 2.24) is 15.1 Å². The lowest BCUT2D eigenvalue weighted by Gasteiger charge is -2.37. The summed E-state index contributed by atoms with van der Waals surface area (Å²) in [6, 6.07) is 0.681. The largest absolute Gasteiger partial charge is 0.360 e. The van der Waals surface area contributed by atoms with Crippen LogP contribution in [0, 0.1) is 11.8 Å². The zero-order valence-corrected chi connectivity index (χ0v) is 12.2. The first kappa shape index (κ1) is 12.7. The van der Waals surface area contributed by atoms with Crippen molar-refractivity contribution in [2.24, 2.45) is 11.8 Å². The Kier molecular flexibility index (Phi) is 3.76. The van der Waals surface area contributed by atoms with Gasteiger partial charge in [-0.2, -0.15) is 0 Å². The number of likely N-dealkylation sites (N-methyl/N-ethyl adjacent to an activating group) is 1. The molecule has 18 heavy (non-hydrogen) atoms. The minimum atomic E-state index is 0.681. The molecular formula is C14H25N3S. The van der Waals surface area contributed by atoms with Crippen molar-refractivity contribution in [3.8, 4) is 0 Å². The summed E-state index contributed by atoms with van der Waals surface area (Å²) in [5.74, 6) is 1.90. The molecule has 0 unspecified atom stereocenters. The monoisotopic (exact) mass is 267 g/mol. The fraction of sp³-hybridized carbons (Fsp3) is 0.929. The molecule has 1 saturated heterocycles. The molecule has 3 atom stereocenters. The number of hydrogen-bond donors (Lipinski definition) is 1. The normalized spacial score (nSPS) is 36.1. The molecule has 0 aromatic heterocycles. The lowest BCUT2D eigenvalue weighted by atomic mass is 9.95. The Labute approximate surface area is 116 Å². The van der Waals surface area contributed by atoms with Crippen LogP contribution in [0.5, 0.6) is 0 Å². The van der Waals surface area contributed by atoms with Crippen molar-refractivity contribution in [1.29, 1.82) is 0 Å². The lowest BCUT2D eigenvalue weighted by Crippen LogP contribution is -2.53. The summed E-state index contributed by atoms with van der Waals surface area (Å²) in [4.78, 5) is 4.87. The Hall–Kier alpha value is -0.350. The highest BCUT2D eigenvalue weighted by atomic mass is 32.1. The van der Waals surface area contributed by atoms with Crippen LogP contribution in [-0.2, 0) is 0 Å². The average molecular weight is 267 g/mol. The van der Waals surface area contributed by atoms with Crippen molar-refractivity contribution >= 4 is 17.3 Å². The molecule has 3 aliphatic rings. The maximum atomic E-state index is 5.60. The zero-order valence-electron chi connectivity index (χ0n) is 11.4. The van der Waals surface area contributed by atoms with E-state index in [1.165, 1.54) is 32.2 Å². The summed E-state index contributed by atoms with van der Waals surface area (Å²) in [5, 5.41) is 4.67. The molecule has 2 bridgehead atoms. The van der Waals surface area contributed by atoms with Crippen molar-refractivity contribution in [2.45, 2.75) is 38.6 Å². The van der Waals surface area contributed by atoms with Gasteiger partial charge in [-0.25, -0.2) is 0 Å². The number of hydrogen-bond acceptors (Lipinski definition) is 2. The minimum Gasteiger partial charge on any atom is -0.360 e. The van der Waals surface area contributed by atoms with E-state index >= 15 is 0 Å². The second kappa shape index (κ2) is 5.33. The molecule has 1 heterocycles. The first-order chi connectivity index (χ1) is 8.76. The molecule has 4 heteroatoms. The molecule has 0 aromatic carbocycles. The van der Waals surface area contributed by atoms with Crippen LogP contribution in [0.15, 0.2) is 0 Å². The van der Waals surface area contributed by atoms with Gasteiger partial charge in [0.25, 0.3) is 0 Å². The first-order valence-electron chi connectivity index (χ1n) is 7.54. The molecule has 0 amide bonds. The number of thiocarbonyl (C=S) groups is 1. The van der Waals surface area contributed by atoms with E-state index in [0.717, 1.165) is 43.1 Å². The van der Waals surface area contributed by atoms with Gasteiger partial charge in [0.2, 0.25) is 0 Å². The number of nitrogens with zero attached hydrogens (tertiary/aromatic N) is 2. The Balaban J connectivity index is 1.47. The summed E-state index contributed by atoms with van der Waals surface area (Å²) in [5.41, 5.74) is 0. The van der Waals surface area contributed by atoms with E-state index in [4.69, 9.17) is 12.2 Å². The molecule has 3 rings (SSSR count). The van der Waals surface area contributed by atoms with E-state index in [9.17, 15) is 0 Å². The lowest BCUT2D eigenvalue weighted by molar-refractivity contribution is 0.187. The maximum Gasteiger partial charge on any atom is 0.169 e. The van der Waals surface area contributed by atoms with Gasteiger partial charge in [-0.1, -0.05) is 13.3 Å². The van der Waals surface area contributed by atoms with Crippen LogP contribution < -0.4 is 5.32 Å². The van der Waals surface area contributed by atoms with Crippen LogP contribution in [0.1, 0.15) is 32.6 Å². The van der Waals surface area contributed by atoms with Crippen molar-refractivity contribution in [2.75, 3.05) is 32.7 Å². The minimum absolute atomic E-state index is 0.681. The van der Waals surface area contributed by atoms with Crippen molar-refractivity contribution < 1.29 is 0 Å². The second-order valence-electron chi connectivity index (χ2n) is 6.15. The maximum absolute atomic E-state index is 5.60. The molecule has 0 radical (unpaired) electrons. The Bertz CT molecular complexity index is 312. The van der Waals surface area contributed by atoms with Crippen LogP contribution >= 0.6 is 12.2 Å². The number of nitrogens with one attached hydrogen (secondary N) is 1.